The topological polar surface area (TPSA) is 177 Å². The Kier molecular flexibility index (Phi) is 13.0. The molecule has 2 saturated heterocycles. The van der Waals surface area contributed by atoms with Gasteiger partial charge in [0.15, 0.2) is 0 Å². The van der Waals surface area contributed by atoms with Crippen molar-refractivity contribution in [2.75, 3.05) is 38.1 Å². The van der Waals surface area contributed by atoms with Crippen molar-refractivity contribution in [1.82, 2.24) is 34.9 Å². The Balaban J connectivity index is 1.10. The first-order valence-corrected chi connectivity index (χ1v) is 19.9. The fourth-order valence-electron chi connectivity index (χ4n) is 7.32. The van der Waals surface area contributed by atoms with Crippen LogP contribution in [-0.2, 0) is 25.5 Å². The summed E-state index contributed by atoms with van der Waals surface area (Å²) in [6.07, 6.45) is 3.57. The lowest BCUT2D eigenvalue weighted by Crippen LogP contribution is -2.64. The van der Waals surface area contributed by atoms with Gasteiger partial charge in [-0.15, -0.1) is 0 Å². The molecule has 2 atom stereocenters. The smallest absolute Gasteiger partial charge is 0.413 e. The van der Waals surface area contributed by atoms with Crippen molar-refractivity contribution in [3.63, 3.8) is 0 Å². The van der Waals surface area contributed by atoms with Crippen LogP contribution in [0.3, 0.4) is 0 Å². The Morgan fingerprint density at radius 2 is 1.40 bits per heavy atom. The van der Waals surface area contributed by atoms with Crippen LogP contribution in [0.15, 0.2) is 41.3 Å². The molecule has 3 N–H and O–H groups in total. The zero-order chi connectivity index (χ0) is 41.9. The van der Waals surface area contributed by atoms with Crippen molar-refractivity contribution in [1.29, 1.82) is 0 Å². The molecule has 3 fully saturated rings. The average Bonchev–Trinajstić information content (AvgIpc) is 3.49. The van der Waals surface area contributed by atoms with Crippen molar-refractivity contribution in [2.45, 2.75) is 137 Å². The fraction of sp³-hybridized carbons (Fsp3) is 0.659. The van der Waals surface area contributed by atoms with Crippen LogP contribution in [-0.4, -0.2) is 116 Å². The first kappa shape index (κ1) is 43.4. The number of ether oxygens (including phenoxy) is 3. The van der Waals surface area contributed by atoms with Gasteiger partial charge in [-0.05, 0) is 97.9 Å². The lowest BCUT2D eigenvalue weighted by molar-refractivity contribution is -0.144. The monoisotopic (exact) mass is 794 g/mol. The highest BCUT2D eigenvalue weighted by atomic mass is 16.6. The molecule has 0 unspecified atom stereocenters. The number of aromatic nitrogens is 2. The van der Waals surface area contributed by atoms with E-state index >= 15 is 0 Å². The van der Waals surface area contributed by atoms with Gasteiger partial charge in [-0.1, -0.05) is 32.9 Å². The van der Waals surface area contributed by atoms with E-state index in [1.54, 1.807) is 49.8 Å². The summed E-state index contributed by atoms with van der Waals surface area (Å²) in [4.78, 5) is 74.6. The van der Waals surface area contributed by atoms with E-state index in [2.05, 4.69) is 20.9 Å². The number of nitrogens with one attached hydrogen (secondary N) is 3. The largest absolute Gasteiger partial charge is 0.444 e. The zero-order valence-electron chi connectivity index (χ0n) is 35.3. The number of urea groups is 1. The van der Waals surface area contributed by atoms with Gasteiger partial charge in [0, 0.05) is 56.4 Å². The van der Waals surface area contributed by atoms with E-state index in [0.29, 0.717) is 18.3 Å². The number of carbonyl (C=O) groups excluding carboxylic acids is 4. The van der Waals surface area contributed by atoms with Crippen molar-refractivity contribution < 1.29 is 33.4 Å². The number of rotatable bonds is 7. The minimum Gasteiger partial charge on any atom is -0.444 e. The van der Waals surface area contributed by atoms with Crippen LogP contribution in [0, 0.1) is 5.41 Å². The Hall–Kier alpha value is -4.70. The Bertz CT molecular complexity index is 1810. The number of alkyl carbamates (subject to hydrolysis) is 1. The van der Waals surface area contributed by atoms with Crippen LogP contribution >= 0.6 is 0 Å². The van der Waals surface area contributed by atoms with E-state index in [-0.39, 0.29) is 56.6 Å². The lowest BCUT2D eigenvalue weighted by atomic mass is 9.91. The highest BCUT2D eigenvalue weighted by molar-refractivity contribution is 5.91. The molecule has 2 aliphatic heterocycles. The Labute approximate surface area is 336 Å². The van der Waals surface area contributed by atoms with Crippen LogP contribution in [0.2, 0.25) is 0 Å². The second kappa shape index (κ2) is 17.0. The maximum Gasteiger partial charge on any atom is 0.413 e. The normalized spacial score (nSPS) is 23.2. The van der Waals surface area contributed by atoms with Gasteiger partial charge in [0.2, 0.25) is 0 Å². The summed E-state index contributed by atoms with van der Waals surface area (Å²) in [5, 5.41) is 9.30. The van der Waals surface area contributed by atoms with Crippen molar-refractivity contribution in [3.05, 3.63) is 52.6 Å². The lowest BCUT2D eigenvalue weighted by Gasteiger charge is -2.43. The minimum atomic E-state index is -1.29. The number of benzene rings is 1. The first-order chi connectivity index (χ1) is 26.5. The Morgan fingerprint density at radius 3 is 1.96 bits per heavy atom. The van der Waals surface area contributed by atoms with Crippen LogP contribution in [0.4, 0.5) is 20.2 Å². The van der Waals surface area contributed by atoms with Crippen LogP contribution in [0.5, 0.6) is 0 Å². The highest BCUT2D eigenvalue weighted by Crippen LogP contribution is 2.39. The molecule has 16 heteroatoms. The summed E-state index contributed by atoms with van der Waals surface area (Å²) in [5.41, 5.74) is -1.88. The van der Waals surface area contributed by atoms with E-state index in [9.17, 15) is 24.0 Å². The number of hydrogen-bond donors (Lipinski definition) is 3. The maximum absolute atomic E-state index is 14.0. The molecule has 0 bridgehead atoms. The van der Waals surface area contributed by atoms with E-state index in [0.717, 1.165) is 31.2 Å². The quantitative estimate of drug-likeness (QED) is 0.337. The predicted molar refractivity (Wildman–Crippen MR) is 215 cm³/mol. The number of piperazine rings is 1. The minimum absolute atomic E-state index is 0.0201. The predicted octanol–water partition coefficient (Wildman–Crippen LogP) is 5.23. The highest BCUT2D eigenvalue weighted by Gasteiger charge is 2.57. The number of anilines is 1. The Morgan fingerprint density at radius 1 is 0.825 bits per heavy atom. The van der Waals surface area contributed by atoms with Gasteiger partial charge in [0.25, 0.3) is 5.91 Å². The molecule has 1 aliphatic carbocycles. The molecular formula is C41H62N8O8. The van der Waals surface area contributed by atoms with E-state index in [4.69, 9.17) is 14.2 Å². The second-order valence-corrected chi connectivity index (χ2v) is 18.6. The molecule has 314 valence electrons. The molecular weight excluding hydrogens is 732 g/mol. The summed E-state index contributed by atoms with van der Waals surface area (Å²) in [6.45, 7) is 20.1. The fourth-order valence-corrected chi connectivity index (χ4v) is 7.32. The number of nitrogens with zero attached hydrogens (tertiary/aromatic N) is 5. The SMILES string of the molecule is CC(C)(C)OC(=O)NC1CCC(NCc2ccc(-n3ccc(NC(=O)N4CCN(C(=O)[C@]5(C)CO[C@H](C(C)(C)C)N5C(=O)OC(C)(C)C)CC4)nc3=O)cc2)CC1. The number of amides is 5. The van der Waals surface area contributed by atoms with Crippen molar-refractivity contribution >= 4 is 29.9 Å². The van der Waals surface area contributed by atoms with Gasteiger partial charge in [-0.2, -0.15) is 4.98 Å². The molecule has 2 aromatic rings. The van der Waals surface area contributed by atoms with Gasteiger partial charge >= 0.3 is 23.9 Å². The van der Waals surface area contributed by atoms with Gasteiger partial charge in [0.05, 0.1) is 12.3 Å². The zero-order valence-corrected chi connectivity index (χ0v) is 35.3. The molecule has 16 nitrogen and oxygen atoms in total. The molecule has 1 aromatic heterocycles. The van der Waals surface area contributed by atoms with E-state index < -0.39 is 46.2 Å². The molecule has 0 spiro atoms. The molecule has 0 radical (unpaired) electrons. The van der Waals surface area contributed by atoms with Gasteiger partial charge < -0.3 is 34.6 Å². The maximum atomic E-state index is 14.0. The standard InChI is InChI=1S/C41H62N8O8/c1-38(2,3)33-49(37(54)57-40(7,8)9)41(10,26-55-33)32(50)46-21-23-47(24-22-46)34(51)44-31-19-20-48(35(52)45-31)30-17-11-27(12-18-30)25-42-28-13-15-29(16-14-28)43-36(53)56-39(4,5)6/h11-12,17-20,28-29,33,42H,13-16,21-26H2,1-10H3,(H,43,53)(H,44,45,51,52)/t28?,29?,33-,41+/m1/s1. The summed E-state index contributed by atoms with van der Waals surface area (Å²) in [7, 11) is 0. The summed E-state index contributed by atoms with van der Waals surface area (Å²) < 4.78 is 18.6. The first-order valence-electron chi connectivity index (χ1n) is 19.9. The molecule has 1 saturated carbocycles. The van der Waals surface area contributed by atoms with Crippen molar-refractivity contribution in [2.24, 2.45) is 5.41 Å². The summed E-state index contributed by atoms with van der Waals surface area (Å²) in [6, 6.07) is 9.22. The van der Waals surface area contributed by atoms with Gasteiger partial charge in [0.1, 0.15) is 28.8 Å². The third kappa shape index (κ3) is 11.2. The summed E-state index contributed by atoms with van der Waals surface area (Å²) in [5.74, 6) is -0.156. The van der Waals surface area contributed by atoms with Crippen molar-refractivity contribution in [3.8, 4) is 5.69 Å². The van der Waals surface area contributed by atoms with Gasteiger partial charge in [-0.25, -0.2) is 19.2 Å². The molecule has 57 heavy (non-hydrogen) atoms. The van der Waals surface area contributed by atoms with Crippen LogP contribution in [0.1, 0.15) is 100 Å². The molecule has 3 aliphatic rings. The summed E-state index contributed by atoms with van der Waals surface area (Å²) >= 11 is 0. The number of hydrogen-bond acceptors (Lipinski definition) is 10. The molecule has 5 amide bonds. The van der Waals surface area contributed by atoms with Crippen LogP contribution in [0.25, 0.3) is 5.69 Å². The second-order valence-electron chi connectivity index (χ2n) is 18.6. The average molecular weight is 795 g/mol. The third-order valence-corrected chi connectivity index (χ3v) is 10.2. The molecule has 3 heterocycles. The molecule has 1 aromatic carbocycles. The van der Waals surface area contributed by atoms with E-state index in [1.165, 1.54) is 9.47 Å². The van der Waals surface area contributed by atoms with E-state index in [1.807, 2.05) is 65.8 Å². The van der Waals surface area contributed by atoms with Gasteiger partial charge in [-0.3, -0.25) is 19.6 Å². The van der Waals surface area contributed by atoms with Crippen LogP contribution < -0.4 is 21.6 Å². The molecule has 5 rings (SSSR count). The third-order valence-electron chi connectivity index (χ3n) is 10.2. The number of carbonyl (C=O) groups is 4.